The van der Waals surface area contributed by atoms with E-state index in [0.29, 0.717) is 0 Å². The Labute approximate surface area is 152 Å². The van der Waals surface area contributed by atoms with Crippen molar-refractivity contribution >= 4 is 5.69 Å². The van der Waals surface area contributed by atoms with Gasteiger partial charge in [0, 0.05) is 12.8 Å². The number of hydrogen-bond donors (Lipinski definition) is 2. The molecule has 0 atom stereocenters. The molecule has 1 saturated carbocycles. The van der Waals surface area contributed by atoms with Crippen LogP contribution in [0.15, 0.2) is 24.3 Å². The first kappa shape index (κ1) is 17.2. The van der Waals surface area contributed by atoms with Crippen LogP contribution in [0.1, 0.15) is 38.5 Å². The molecule has 2 N–H and O–H groups in total. The number of rotatable bonds is 4. The Hall–Kier alpha value is -1.26. The van der Waals surface area contributed by atoms with E-state index in [-0.39, 0.29) is 0 Å². The number of nitrogens with zero attached hydrogens (tertiary/aromatic N) is 1. The molecule has 4 heteroatoms. The van der Waals surface area contributed by atoms with Crippen molar-refractivity contribution in [2.45, 2.75) is 50.6 Å². The molecule has 0 amide bonds. The molecule has 4 rings (SSSR count). The number of ether oxygens (including phenoxy) is 1. The normalized spacial score (nSPS) is 29.1. The number of para-hydroxylation sites is 2. The van der Waals surface area contributed by atoms with E-state index in [1.165, 1.54) is 70.4 Å². The summed E-state index contributed by atoms with van der Waals surface area (Å²) >= 11 is 0. The lowest BCUT2D eigenvalue weighted by Crippen LogP contribution is -3.23. The van der Waals surface area contributed by atoms with Crippen molar-refractivity contribution in [2.75, 3.05) is 51.3 Å². The molecule has 138 valence electrons. The molecule has 2 heterocycles. The summed E-state index contributed by atoms with van der Waals surface area (Å²) in [5.41, 5.74) is 1.27. The van der Waals surface area contributed by atoms with E-state index in [0.717, 1.165) is 30.9 Å². The fourth-order valence-corrected chi connectivity index (χ4v) is 5.47. The lowest BCUT2D eigenvalue weighted by atomic mass is 10.00. The van der Waals surface area contributed by atoms with Crippen molar-refractivity contribution < 1.29 is 14.5 Å². The van der Waals surface area contributed by atoms with E-state index < -0.39 is 0 Å². The second-order valence-electron chi connectivity index (χ2n) is 8.23. The highest BCUT2D eigenvalue weighted by Gasteiger charge is 2.35. The van der Waals surface area contributed by atoms with Crippen molar-refractivity contribution in [2.24, 2.45) is 0 Å². The molecule has 1 aromatic rings. The summed E-state index contributed by atoms with van der Waals surface area (Å²) in [6.45, 7) is 7.73. The van der Waals surface area contributed by atoms with Crippen molar-refractivity contribution in [1.82, 2.24) is 0 Å². The van der Waals surface area contributed by atoms with Crippen LogP contribution in [0.5, 0.6) is 5.75 Å². The molecule has 0 unspecified atom stereocenters. The maximum Gasteiger partial charge on any atom is 0.142 e. The van der Waals surface area contributed by atoms with Crippen LogP contribution in [0, 0.1) is 0 Å². The monoisotopic (exact) mass is 345 g/mol. The minimum absolute atomic E-state index is 0.907. The van der Waals surface area contributed by atoms with Crippen molar-refractivity contribution in [1.29, 1.82) is 0 Å². The summed E-state index contributed by atoms with van der Waals surface area (Å²) in [6, 6.07) is 10.4. The maximum absolute atomic E-state index is 5.55. The first-order chi connectivity index (χ1) is 12.3. The Bertz CT molecular complexity index is 542. The molecular formula is C21H35N3O+2. The average Bonchev–Trinajstić information content (AvgIpc) is 3.23. The summed E-state index contributed by atoms with van der Waals surface area (Å²) in [6.07, 6.45) is 8.82. The van der Waals surface area contributed by atoms with Crippen LogP contribution in [0.3, 0.4) is 0 Å². The fourth-order valence-electron chi connectivity index (χ4n) is 5.47. The van der Waals surface area contributed by atoms with Crippen LogP contribution in [0.25, 0.3) is 0 Å². The van der Waals surface area contributed by atoms with E-state index in [9.17, 15) is 0 Å². The molecule has 0 spiro atoms. The molecule has 0 radical (unpaired) electrons. The van der Waals surface area contributed by atoms with Gasteiger partial charge < -0.3 is 19.4 Å². The minimum Gasteiger partial charge on any atom is -0.495 e. The van der Waals surface area contributed by atoms with Gasteiger partial charge in [-0.05, 0) is 37.8 Å². The van der Waals surface area contributed by atoms with Gasteiger partial charge in [0.25, 0.3) is 0 Å². The number of piperazine rings is 1. The largest absolute Gasteiger partial charge is 0.495 e. The number of likely N-dealkylation sites (tertiary alicyclic amines) is 1. The van der Waals surface area contributed by atoms with Crippen LogP contribution in [0.4, 0.5) is 5.69 Å². The predicted octanol–water partition coefficient (Wildman–Crippen LogP) is 0.390. The van der Waals surface area contributed by atoms with Crippen LogP contribution in [0.2, 0.25) is 0 Å². The van der Waals surface area contributed by atoms with E-state index in [1.54, 1.807) is 7.11 Å². The number of quaternary nitrogens is 2. The average molecular weight is 346 g/mol. The van der Waals surface area contributed by atoms with Crippen LogP contribution in [-0.4, -0.2) is 58.5 Å². The Morgan fingerprint density at radius 2 is 1.44 bits per heavy atom. The quantitative estimate of drug-likeness (QED) is 0.824. The zero-order valence-corrected chi connectivity index (χ0v) is 15.8. The van der Waals surface area contributed by atoms with Crippen molar-refractivity contribution in [3.63, 3.8) is 0 Å². The van der Waals surface area contributed by atoms with E-state index in [2.05, 4.69) is 29.2 Å². The lowest BCUT2D eigenvalue weighted by molar-refractivity contribution is -0.968. The van der Waals surface area contributed by atoms with E-state index in [1.807, 2.05) is 9.80 Å². The van der Waals surface area contributed by atoms with Gasteiger partial charge in [0.1, 0.15) is 5.75 Å². The molecule has 0 aromatic heterocycles. The van der Waals surface area contributed by atoms with Gasteiger partial charge >= 0.3 is 0 Å². The molecule has 1 aliphatic carbocycles. The maximum atomic E-state index is 5.55. The molecule has 2 saturated heterocycles. The zero-order valence-electron chi connectivity index (χ0n) is 15.8. The second-order valence-corrected chi connectivity index (χ2v) is 8.23. The Balaban J connectivity index is 1.28. The third kappa shape index (κ3) is 3.80. The van der Waals surface area contributed by atoms with Gasteiger partial charge in [-0.1, -0.05) is 12.1 Å². The molecule has 1 aromatic carbocycles. The standard InChI is InChI=1S/C21H33N3O/c1-25-21-9-5-4-8-20(21)24-16-14-23(15-17-24)19-10-12-22(13-11-19)18-6-2-3-7-18/h4-5,8-9,18-19H,2-3,6-7,10-17H2,1H3/p+2. The Kier molecular flexibility index (Phi) is 5.47. The van der Waals surface area contributed by atoms with Gasteiger partial charge in [-0.25, -0.2) is 0 Å². The van der Waals surface area contributed by atoms with Gasteiger partial charge in [-0.15, -0.1) is 0 Å². The van der Waals surface area contributed by atoms with E-state index >= 15 is 0 Å². The number of benzene rings is 1. The SMILES string of the molecule is COc1ccccc1N1CC[NH+](C2CC[NH+](C3CCCC3)CC2)CC1. The zero-order chi connectivity index (χ0) is 17.1. The smallest absolute Gasteiger partial charge is 0.142 e. The van der Waals surface area contributed by atoms with Crippen LogP contribution < -0.4 is 19.4 Å². The highest BCUT2D eigenvalue weighted by molar-refractivity contribution is 5.58. The highest BCUT2D eigenvalue weighted by Crippen LogP contribution is 2.27. The van der Waals surface area contributed by atoms with Gasteiger partial charge in [0.05, 0.1) is 64.1 Å². The number of methoxy groups -OCH3 is 1. The van der Waals surface area contributed by atoms with Gasteiger partial charge in [0.2, 0.25) is 0 Å². The second kappa shape index (κ2) is 7.96. The fraction of sp³-hybridized carbons (Fsp3) is 0.714. The number of anilines is 1. The van der Waals surface area contributed by atoms with Gasteiger partial charge in [-0.3, -0.25) is 0 Å². The summed E-state index contributed by atoms with van der Waals surface area (Å²) in [5.74, 6) is 1.01. The number of hydrogen-bond acceptors (Lipinski definition) is 2. The lowest BCUT2D eigenvalue weighted by Gasteiger charge is -2.41. The number of nitrogens with one attached hydrogen (secondary N) is 2. The summed E-state index contributed by atoms with van der Waals surface area (Å²) in [7, 11) is 1.78. The Morgan fingerprint density at radius 1 is 0.840 bits per heavy atom. The molecule has 2 aliphatic heterocycles. The van der Waals surface area contributed by atoms with Crippen molar-refractivity contribution in [3.05, 3.63) is 24.3 Å². The summed E-state index contributed by atoms with van der Waals surface area (Å²) < 4.78 is 5.55. The molecule has 4 nitrogen and oxygen atoms in total. The molecular weight excluding hydrogens is 310 g/mol. The van der Waals surface area contributed by atoms with Crippen LogP contribution >= 0.6 is 0 Å². The molecule has 3 aliphatic rings. The number of piperidine rings is 1. The third-order valence-corrected chi connectivity index (χ3v) is 6.97. The highest BCUT2D eigenvalue weighted by atomic mass is 16.5. The Morgan fingerprint density at radius 3 is 2.12 bits per heavy atom. The topological polar surface area (TPSA) is 21.4 Å². The van der Waals surface area contributed by atoms with Gasteiger partial charge in [-0.2, -0.15) is 0 Å². The molecule has 3 fully saturated rings. The first-order valence-electron chi connectivity index (χ1n) is 10.4. The van der Waals surface area contributed by atoms with E-state index in [4.69, 9.17) is 4.74 Å². The molecule has 25 heavy (non-hydrogen) atoms. The third-order valence-electron chi connectivity index (χ3n) is 6.97. The first-order valence-corrected chi connectivity index (χ1v) is 10.4. The van der Waals surface area contributed by atoms with Crippen LogP contribution in [-0.2, 0) is 0 Å². The van der Waals surface area contributed by atoms with Gasteiger partial charge in [0.15, 0.2) is 0 Å². The molecule has 0 bridgehead atoms. The summed E-state index contributed by atoms with van der Waals surface area (Å²) in [5, 5.41) is 0. The van der Waals surface area contributed by atoms with Crippen molar-refractivity contribution in [3.8, 4) is 5.75 Å². The minimum atomic E-state index is 0.907. The predicted molar refractivity (Wildman–Crippen MR) is 102 cm³/mol. The summed E-state index contributed by atoms with van der Waals surface area (Å²) in [4.78, 5) is 6.30.